The lowest BCUT2D eigenvalue weighted by molar-refractivity contribution is -0.141. The van der Waals surface area contributed by atoms with Gasteiger partial charge in [0.05, 0.1) is 0 Å². The Morgan fingerprint density at radius 3 is 2.65 bits per heavy atom. The van der Waals surface area contributed by atoms with E-state index in [9.17, 15) is 4.79 Å². The van der Waals surface area contributed by atoms with Gasteiger partial charge in [0.1, 0.15) is 5.84 Å². The fourth-order valence-corrected chi connectivity index (χ4v) is 3.07. The van der Waals surface area contributed by atoms with Crippen LogP contribution in [-0.2, 0) is 4.79 Å². The number of hydrogen-bond acceptors (Lipinski definition) is 3. The SMILES string of the molecule is CCN(CC(C)C(N)=NO)C(=O)C1CCCCC1(C)C. The molecule has 1 saturated carbocycles. The Labute approximate surface area is 122 Å². The molecule has 2 atom stereocenters. The molecule has 0 bridgehead atoms. The van der Waals surface area contributed by atoms with Crippen LogP contribution >= 0.6 is 0 Å². The van der Waals surface area contributed by atoms with Crippen LogP contribution in [0.2, 0.25) is 0 Å². The molecule has 0 spiro atoms. The zero-order valence-electron chi connectivity index (χ0n) is 13.2. The van der Waals surface area contributed by atoms with E-state index in [1.165, 1.54) is 6.42 Å². The van der Waals surface area contributed by atoms with Crippen molar-refractivity contribution in [2.45, 2.75) is 53.4 Å². The number of hydrogen-bond donors (Lipinski definition) is 2. The minimum atomic E-state index is -0.129. The van der Waals surface area contributed by atoms with Crippen molar-refractivity contribution in [3.63, 3.8) is 0 Å². The van der Waals surface area contributed by atoms with Crippen molar-refractivity contribution in [2.75, 3.05) is 13.1 Å². The average molecular weight is 283 g/mol. The largest absolute Gasteiger partial charge is 0.409 e. The smallest absolute Gasteiger partial charge is 0.226 e. The standard InChI is InChI=1S/C15H29N3O2/c1-5-18(10-11(2)13(16)17-20)14(19)12-8-6-7-9-15(12,3)4/h11-12,20H,5-10H2,1-4H3,(H2,16,17). The number of carbonyl (C=O) groups excluding carboxylic acids is 1. The number of oxime groups is 1. The van der Waals surface area contributed by atoms with Gasteiger partial charge < -0.3 is 15.8 Å². The predicted octanol–water partition coefficient (Wildman–Crippen LogP) is 2.43. The van der Waals surface area contributed by atoms with Gasteiger partial charge in [-0.15, -0.1) is 0 Å². The second kappa shape index (κ2) is 6.95. The summed E-state index contributed by atoms with van der Waals surface area (Å²) in [5.74, 6) is 0.361. The molecule has 5 nitrogen and oxygen atoms in total. The van der Waals surface area contributed by atoms with Gasteiger partial charge in [-0.05, 0) is 25.2 Å². The highest BCUT2D eigenvalue weighted by Crippen LogP contribution is 2.41. The van der Waals surface area contributed by atoms with Crippen LogP contribution in [0.5, 0.6) is 0 Å². The summed E-state index contributed by atoms with van der Waals surface area (Å²) in [5.41, 5.74) is 5.69. The van der Waals surface area contributed by atoms with Gasteiger partial charge in [0.15, 0.2) is 0 Å². The zero-order chi connectivity index (χ0) is 15.3. The maximum Gasteiger partial charge on any atom is 0.226 e. The fourth-order valence-electron chi connectivity index (χ4n) is 3.07. The van der Waals surface area contributed by atoms with Crippen LogP contribution in [0.25, 0.3) is 0 Å². The van der Waals surface area contributed by atoms with E-state index in [2.05, 4.69) is 19.0 Å². The zero-order valence-corrected chi connectivity index (χ0v) is 13.2. The van der Waals surface area contributed by atoms with E-state index in [-0.39, 0.29) is 29.0 Å². The van der Waals surface area contributed by atoms with E-state index in [1.807, 2.05) is 18.7 Å². The maximum atomic E-state index is 12.8. The summed E-state index contributed by atoms with van der Waals surface area (Å²) in [7, 11) is 0. The third-order valence-corrected chi connectivity index (χ3v) is 4.61. The molecule has 0 aromatic rings. The molecule has 0 saturated heterocycles. The first kappa shape index (κ1) is 16.8. The molecule has 0 aromatic heterocycles. The normalized spacial score (nSPS) is 24.2. The maximum absolute atomic E-state index is 12.8. The second-order valence-corrected chi connectivity index (χ2v) is 6.59. The molecule has 20 heavy (non-hydrogen) atoms. The van der Waals surface area contributed by atoms with E-state index < -0.39 is 0 Å². The molecule has 0 aromatic carbocycles. The molecule has 1 aliphatic carbocycles. The molecular weight excluding hydrogens is 254 g/mol. The van der Waals surface area contributed by atoms with Crippen LogP contribution < -0.4 is 5.73 Å². The molecule has 0 aliphatic heterocycles. The number of amides is 1. The summed E-state index contributed by atoms with van der Waals surface area (Å²) < 4.78 is 0. The molecular formula is C15H29N3O2. The van der Waals surface area contributed by atoms with Crippen LogP contribution in [0.15, 0.2) is 5.16 Å². The molecule has 1 fully saturated rings. The molecule has 1 rings (SSSR count). The van der Waals surface area contributed by atoms with Gasteiger partial charge in [-0.2, -0.15) is 0 Å². The van der Waals surface area contributed by atoms with Gasteiger partial charge in [0, 0.05) is 24.9 Å². The minimum absolute atomic E-state index is 0.0720. The molecule has 1 aliphatic rings. The van der Waals surface area contributed by atoms with Crippen LogP contribution in [-0.4, -0.2) is 34.9 Å². The predicted molar refractivity (Wildman–Crippen MR) is 80.6 cm³/mol. The van der Waals surface area contributed by atoms with E-state index in [0.29, 0.717) is 13.1 Å². The molecule has 5 heteroatoms. The number of amidine groups is 1. The number of carbonyl (C=O) groups is 1. The Kier molecular flexibility index (Phi) is 5.84. The lowest BCUT2D eigenvalue weighted by atomic mass is 9.68. The lowest BCUT2D eigenvalue weighted by Crippen LogP contribution is -2.46. The monoisotopic (exact) mass is 283 g/mol. The molecule has 1 amide bonds. The van der Waals surface area contributed by atoms with Crippen LogP contribution in [0.1, 0.15) is 53.4 Å². The Bertz CT molecular complexity index is 366. The summed E-state index contributed by atoms with van der Waals surface area (Å²) in [5, 5.41) is 11.8. The summed E-state index contributed by atoms with van der Waals surface area (Å²) in [6.07, 6.45) is 4.42. The van der Waals surface area contributed by atoms with Crippen molar-refractivity contribution in [2.24, 2.45) is 28.1 Å². The van der Waals surface area contributed by atoms with Crippen LogP contribution in [0.4, 0.5) is 0 Å². The van der Waals surface area contributed by atoms with Crippen LogP contribution in [0.3, 0.4) is 0 Å². The average Bonchev–Trinajstić information content (AvgIpc) is 2.42. The summed E-state index contributed by atoms with van der Waals surface area (Å²) in [6.45, 7) is 9.40. The van der Waals surface area contributed by atoms with Crippen molar-refractivity contribution < 1.29 is 10.0 Å². The van der Waals surface area contributed by atoms with E-state index in [4.69, 9.17) is 10.9 Å². The van der Waals surface area contributed by atoms with Crippen molar-refractivity contribution >= 4 is 11.7 Å². The van der Waals surface area contributed by atoms with Gasteiger partial charge in [0.25, 0.3) is 0 Å². The Balaban J connectivity index is 2.76. The third kappa shape index (κ3) is 3.87. The van der Waals surface area contributed by atoms with E-state index in [0.717, 1.165) is 19.3 Å². The third-order valence-electron chi connectivity index (χ3n) is 4.61. The first-order valence-corrected chi connectivity index (χ1v) is 7.59. The highest BCUT2D eigenvalue weighted by Gasteiger charge is 2.39. The van der Waals surface area contributed by atoms with Gasteiger partial charge in [0.2, 0.25) is 5.91 Å². The van der Waals surface area contributed by atoms with E-state index in [1.54, 1.807) is 0 Å². The van der Waals surface area contributed by atoms with Gasteiger partial charge in [-0.25, -0.2) is 0 Å². The molecule has 3 N–H and O–H groups in total. The number of rotatable bonds is 5. The van der Waals surface area contributed by atoms with Gasteiger partial charge in [-0.1, -0.05) is 38.8 Å². The summed E-state index contributed by atoms with van der Waals surface area (Å²) >= 11 is 0. The Morgan fingerprint density at radius 1 is 1.50 bits per heavy atom. The van der Waals surface area contributed by atoms with Crippen molar-refractivity contribution in [1.82, 2.24) is 4.90 Å². The topological polar surface area (TPSA) is 78.9 Å². The molecule has 2 unspecified atom stereocenters. The Hall–Kier alpha value is -1.26. The van der Waals surface area contributed by atoms with Crippen molar-refractivity contribution in [1.29, 1.82) is 0 Å². The van der Waals surface area contributed by atoms with Gasteiger partial charge in [-0.3, -0.25) is 4.79 Å². The molecule has 0 heterocycles. The van der Waals surface area contributed by atoms with Crippen LogP contribution in [0, 0.1) is 17.3 Å². The summed E-state index contributed by atoms with van der Waals surface area (Å²) in [4.78, 5) is 14.6. The minimum Gasteiger partial charge on any atom is -0.409 e. The van der Waals surface area contributed by atoms with Crippen molar-refractivity contribution in [3.8, 4) is 0 Å². The number of nitrogens with zero attached hydrogens (tertiary/aromatic N) is 2. The Morgan fingerprint density at radius 2 is 2.15 bits per heavy atom. The number of nitrogens with two attached hydrogens (primary N) is 1. The quantitative estimate of drug-likeness (QED) is 0.352. The second-order valence-electron chi connectivity index (χ2n) is 6.59. The van der Waals surface area contributed by atoms with E-state index >= 15 is 0 Å². The fraction of sp³-hybridized carbons (Fsp3) is 0.867. The molecule has 0 radical (unpaired) electrons. The van der Waals surface area contributed by atoms with Crippen molar-refractivity contribution in [3.05, 3.63) is 0 Å². The highest BCUT2D eigenvalue weighted by atomic mass is 16.4. The lowest BCUT2D eigenvalue weighted by Gasteiger charge is -2.40. The first-order chi connectivity index (χ1) is 9.33. The summed E-state index contributed by atoms with van der Waals surface area (Å²) in [6, 6.07) is 0. The molecule has 116 valence electrons. The first-order valence-electron chi connectivity index (χ1n) is 7.59. The highest BCUT2D eigenvalue weighted by molar-refractivity contribution is 5.84. The van der Waals surface area contributed by atoms with Gasteiger partial charge >= 0.3 is 0 Å².